The molecule has 0 saturated carbocycles. The molecule has 0 bridgehead atoms. The minimum atomic E-state index is -4.89. The fraction of sp³-hybridized carbons (Fsp3) is 0.409. The molecule has 1 aromatic heterocycles. The average Bonchev–Trinajstić information content (AvgIpc) is 3.03. The number of halogens is 5. The molecule has 1 aliphatic heterocycles. The predicted molar refractivity (Wildman–Crippen MR) is 110 cm³/mol. The molecule has 34 heavy (non-hydrogen) atoms. The summed E-state index contributed by atoms with van der Waals surface area (Å²) in [5.74, 6) is -7.94. The van der Waals surface area contributed by atoms with Crippen LogP contribution in [-0.2, 0) is 9.53 Å². The third-order valence-corrected chi connectivity index (χ3v) is 6.18. The topological polar surface area (TPSA) is 104 Å². The Morgan fingerprint density at radius 1 is 1.26 bits per heavy atom. The zero-order chi connectivity index (χ0) is 25.6. The smallest absolute Gasteiger partial charge is 0.417 e. The molecule has 0 aliphatic carbocycles. The number of hydrogen-bond acceptors (Lipinski definition) is 5. The van der Waals surface area contributed by atoms with E-state index in [1.54, 1.807) is 6.92 Å². The summed E-state index contributed by atoms with van der Waals surface area (Å²) in [6.07, 6.45) is -5.41. The van der Waals surface area contributed by atoms with Crippen LogP contribution in [-0.4, -0.2) is 41.8 Å². The van der Waals surface area contributed by atoms with E-state index in [9.17, 15) is 31.5 Å². The van der Waals surface area contributed by atoms with Crippen LogP contribution < -0.4 is 15.8 Å². The van der Waals surface area contributed by atoms with Crippen molar-refractivity contribution in [1.82, 2.24) is 4.98 Å². The number of carbonyl (C=O) groups is 2. The molecule has 0 unspecified atom stereocenters. The summed E-state index contributed by atoms with van der Waals surface area (Å²) < 4.78 is 80.4. The fourth-order valence-electron chi connectivity index (χ4n) is 4.04. The maximum Gasteiger partial charge on any atom is 0.417 e. The number of amides is 2. The van der Waals surface area contributed by atoms with Gasteiger partial charge in [0.05, 0.1) is 7.11 Å². The van der Waals surface area contributed by atoms with Gasteiger partial charge in [0, 0.05) is 29.3 Å². The highest BCUT2D eigenvalue weighted by atomic mass is 19.4. The normalized spacial score (nSPS) is 24.7. The van der Waals surface area contributed by atoms with Crippen molar-refractivity contribution in [3.8, 4) is 5.75 Å². The Bertz CT molecular complexity index is 1140. The number of anilines is 1. The van der Waals surface area contributed by atoms with Gasteiger partial charge in [-0.3, -0.25) is 14.6 Å². The lowest BCUT2D eigenvalue weighted by Gasteiger charge is -2.32. The Hall–Kier alpha value is -3.28. The standard InChI is InChI=1S/C22H22F5N3O4/c1-9-8-29-14(19(28)31)7-13(9)30-20(32)18-15(10(2)21(3,34-18)22(25,26)27)11-5-6-12(23)16(24)17(11)33-4/h5-8,10,15,18H,1-4H3,(H2,28,31)(H,29,30,32)/t10-,15-,18-,21+/m1/s1. The molecular formula is C22H22F5N3O4. The van der Waals surface area contributed by atoms with Crippen LogP contribution in [0.25, 0.3) is 0 Å². The number of pyridine rings is 1. The lowest BCUT2D eigenvalue weighted by Crippen LogP contribution is -2.47. The van der Waals surface area contributed by atoms with Crippen molar-refractivity contribution >= 4 is 17.5 Å². The molecule has 7 nitrogen and oxygen atoms in total. The first-order chi connectivity index (χ1) is 15.7. The molecule has 1 aliphatic rings. The summed E-state index contributed by atoms with van der Waals surface area (Å²) >= 11 is 0. The number of hydrogen-bond donors (Lipinski definition) is 2. The van der Waals surface area contributed by atoms with E-state index >= 15 is 0 Å². The number of primary amides is 1. The number of nitrogens with two attached hydrogens (primary N) is 1. The molecule has 0 spiro atoms. The number of rotatable bonds is 5. The Morgan fingerprint density at radius 2 is 1.91 bits per heavy atom. The maximum atomic E-state index is 14.4. The van der Waals surface area contributed by atoms with Gasteiger partial charge in [-0.15, -0.1) is 0 Å². The number of benzene rings is 1. The molecule has 2 heterocycles. The van der Waals surface area contributed by atoms with Gasteiger partial charge in [0.25, 0.3) is 11.8 Å². The Labute approximate surface area is 191 Å². The highest BCUT2D eigenvalue weighted by Crippen LogP contribution is 2.55. The first kappa shape index (κ1) is 25.3. The predicted octanol–water partition coefficient (Wildman–Crippen LogP) is 3.85. The number of aryl methyl sites for hydroxylation is 1. The minimum absolute atomic E-state index is 0.0710. The Balaban J connectivity index is 2.10. The molecular weight excluding hydrogens is 465 g/mol. The van der Waals surface area contributed by atoms with Crippen molar-refractivity contribution in [1.29, 1.82) is 0 Å². The van der Waals surface area contributed by atoms with Crippen LogP contribution in [0.1, 0.15) is 41.4 Å². The van der Waals surface area contributed by atoms with Gasteiger partial charge < -0.3 is 20.5 Å². The SMILES string of the molecule is COc1c([C@H]2[C@@H](C)[C@@](C)(C(F)(F)F)O[C@H]2C(=O)Nc2cc(C(N)=O)ncc2C)ccc(F)c1F. The summed E-state index contributed by atoms with van der Waals surface area (Å²) in [4.78, 5) is 28.4. The summed E-state index contributed by atoms with van der Waals surface area (Å²) in [5, 5.41) is 2.43. The van der Waals surface area contributed by atoms with E-state index in [-0.39, 0.29) is 16.9 Å². The first-order valence-electron chi connectivity index (χ1n) is 10.1. The molecule has 3 rings (SSSR count). The van der Waals surface area contributed by atoms with Gasteiger partial charge in [0.15, 0.2) is 17.2 Å². The largest absolute Gasteiger partial charge is 0.493 e. The van der Waals surface area contributed by atoms with Crippen LogP contribution in [0.5, 0.6) is 5.75 Å². The molecule has 3 N–H and O–H groups in total. The van der Waals surface area contributed by atoms with Crippen LogP contribution >= 0.6 is 0 Å². The number of alkyl halides is 3. The minimum Gasteiger partial charge on any atom is -0.493 e. The van der Waals surface area contributed by atoms with Crippen LogP contribution in [0.15, 0.2) is 24.4 Å². The van der Waals surface area contributed by atoms with Crippen molar-refractivity contribution in [3.05, 3.63) is 52.9 Å². The molecule has 184 valence electrons. The van der Waals surface area contributed by atoms with Gasteiger partial charge in [-0.1, -0.05) is 13.0 Å². The highest BCUT2D eigenvalue weighted by molar-refractivity contribution is 5.98. The summed E-state index contributed by atoms with van der Waals surface area (Å²) in [7, 11) is 1.03. The fourth-order valence-corrected chi connectivity index (χ4v) is 4.04. The molecule has 1 saturated heterocycles. The van der Waals surface area contributed by atoms with Crippen molar-refractivity contribution < 1.29 is 41.0 Å². The van der Waals surface area contributed by atoms with Gasteiger partial charge in [-0.05, 0) is 31.5 Å². The van der Waals surface area contributed by atoms with Crippen molar-refractivity contribution in [2.75, 3.05) is 12.4 Å². The third kappa shape index (κ3) is 4.17. The van der Waals surface area contributed by atoms with Gasteiger partial charge >= 0.3 is 6.18 Å². The molecule has 2 amide bonds. The maximum absolute atomic E-state index is 14.4. The van der Waals surface area contributed by atoms with Crippen molar-refractivity contribution in [3.63, 3.8) is 0 Å². The number of ether oxygens (including phenoxy) is 2. The van der Waals surface area contributed by atoms with E-state index in [0.717, 1.165) is 26.2 Å². The molecule has 4 atom stereocenters. The van der Waals surface area contributed by atoms with E-state index in [0.29, 0.717) is 5.56 Å². The second kappa shape index (κ2) is 8.82. The summed E-state index contributed by atoms with van der Waals surface area (Å²) in [5.41, 5.74) is 2.53. The van der Waals surface area contributed by atoms with E-state index in [1.165, 1.54) is 19.2 Å². The zero-order valence-corrected chi connectivity index (χ0v) is 18.6. The van der Waals surface area contributed by atoms with Crippen LogP contribution in [0, 0.1) is 24.5 Å². The number of methoxy groups -OCH3 is 1. The second-order valence-corrected chi connectivity index (χ2v) is 8.18. The van der Waals surface area contributed by atoms with Gasteiger partial charge in [-0.2, -0.15) is 17.6 Å². The second-order valence-electron chi connectivity index (χ2n) is 8.18. The van der Waals surface area contributed by atoms with Gasteiger partial charge in [-0.25, -0.2) is 4.39 Å². The molecule has 0 radical (unpaired) electrons. The number of aromatic nitrogens is 1. The quantitative estimate of drug-likeness (QED) is 0.624. The third-order valence-electron chi connectivity index (χ3n) is 6.18. The number of nitrogens with one attached hydrogen (secondary N) is 1. The molecule has 2 aromatic rings. The summed E-state index contributed by atoms with van der Waals surface area (Å²) in [6.45, 7) is 3.53. The van der Waals surface area contributed by atoms with Crippen molar-refractivity contribution in [2.45, 2.75) is 44.6 Å². The van der Waals surface area contributed by atoms with Crippen molar-refractivity contribution in [2.24, 2.45) is 11.7 Å². The van der Waals surface area contributed by atoms with Crippen LogP contribution in [0.2, 0.25) is 0 Å². The van der Waals surface area contributed by atoms with E-state index in [2.05, 4.69) is 10.3 Å². The van der Waals surface area contributed by atoms with Gasteiger partial charge in [0.1, 0.15) is 11.8 Å². The van der Waals surface area contributed by atoms with Crippen LogP contribution in [0.3, 0.4) is 0 Å². The monoisotopic (exact) mass is 487 g/mol. The van der Waals surface area contributed by atoms with Crippen LogP contribution in [0.4, 0.5) is 27.6 Å². The number of nitrogens with zero attached hydrogens (tertiary/aromatic N) is 1. The van der Waals surface area contributed by atoms with E-state index in [1.807, 2.05) is 0 Å². The average molecular weight is 487 g/mol. The zero-order valence-electron chi connectivity index (χ0n) is 18.6. The lowest BCUT2D eigenvalue weighted by atomic mass is 9.77. The Kier molecular flexibility index (Phi) is 6.57. The highest BCUT2D eigenvalue weighted by Gasteiger charge is 2.65. The number of carbonyl (C=O) groups excluding carboxylic acids is 2. The van der Waals surface area contributed by atoms with E-state index in [4.69, 9.17) is 15.2 Å². The summed E-state index contributed by atoms with van der Waals surface area (Å²) in [6, 6.07) is 2.97. The molecule has 1 fully saturated rings. The molecule has 1 aromatic carbocycles. The Morgan fingerprint density at radius 3 is 2.47 bits per heavy atom. The lowest BCUT2D eigenvalue weighted by molar-refractivity contribution is -0.272. The van der Waals surface area contributed by atoms with E-state index < -0.39 is 58.9 Å². The molecule has 12 heteroatoms. The first-order valence-corrected chi connectivity index (χ1v) is 10.1. The van der Waals surface area contributed by atoms with Gasteiger partial charge in [0.2, 0.25) is 5.82 Å².